The Balaban J connectivity index is 1.13. The maximum absolute atomic E-state index is 12.4. The third-order valence-electron chi connectivity index (χ3n) is 12.3. The van der Waals surface area contributed by atoms with Gasteiger partial charge in [0.15, 0.2) is 43.8 Å². The molecule has 0 amide bonds. The first-order chi connectivity index (χ1) is 31.6. The summed E-state index contributed by atoms with van der Waals surface area (Å²) in [5.41, 5.74) is 0. The second kappa shape index (κ2) is 22.8. The van der Waals surface area contributed by atoms with Crippen molar-refractivity contribution in [1.82, 2.24) is 0 Å². The summed E-state index contributed by atoms with van der Waals surface area (Å²) in [6, 6.07) is 0. The molecule has 19 N–H and O–H groups in total. The fourth-order valence-corrected chi connectivity index (χ4v) is 8.29. The van der Waals surface area contributed by atoms with E-state index in [2.05, 4.69) is 0 Å². The van der Waals surface area contributed by atoms with Crippen LogP contribution in [-0.2, 0) is 56.9 Å². The number of carbonyl (C=O) groups is 1. The molecular formula is C36H60O31. The van der Waals surface area contributed by atoms with Crippen LogP contribution in [0.5, 0.6) is 0 Å². The number of aliphatic hydroxyl groups excluding tert-OH is 18. The van der Waals surface area contributed by atoms with Gasteiger partial charge in [0.05, 0.1) is 32.5 Å². The van der Waals surface area contributed by atoms with Crippen LogP contribution < -0.4 is 0 Å². The molecule has 0 bridgehead atoms. The van der Waals surface area contributed by atoms with E-state index in [1.165, 1.54) is 6.92 Å². The predicted molar refractivity (Wildman–Crippen MR) is 198 cm³/mol. The van der Waals surface area contributed by atoms with E-state index in [0.717, 1.165) is 0 Å². The summed E-state index contributed by atoms with van der Waals surface area (Å²) >= 11 is 0. The molecule has 31 heteroatoms. The van der Waals surface area contributed by atoms with Gasteiger partial charge in [-0.1, -0.05) is 0 Å². The van der Waals surface area contributed by atoms with Gasteiger partial charge in [-0.2, -0.15) is 0 Å². The molecule has 390 valence electrons. The minimum Gasteiger partial charge on any atom is -0.479 e. The van der Waals surface area contributed by atoms with Gasteiger partial charge in [-0.3, -0.25) is 0 Å². The second-order valence-electron chi connectivity index (χ2n) is 16.8. The molecule has 0 aliphatic carbocycles. The van der Waals surface area contributed by atoms with Crippen molar-refractivity contribution >= 4 is 5.97 Å². The molecule has 0 radical (unpaired) electrons. The minimum atomic E-state index is -2.30. The molecule has 6 fully saturated rings. The Morgan fingerprint density at radius 2 is 0.910 bits per heavy atom. The molecule has 31 nitrogen and oxygen atoms in total. The van der Waals surface area contributed by atoms with E-state index in [1.807, 2.05) is 0 Å². The smallest absolute Gasteiger partial charge is 0.335 e. The van der Waals surface area contributed by atoms with Gasteiger partial charge in [0.2, 0.25) is 0 Å². The third-order valence-corrected chi connectivity index (χ3v) is 12.3. The van der Waals surface area contributed by atoms with Gasteiger partial charge in [0, 0.05) is 0 Å². The van der Waals surface area contributed by atoms with E-state index in [-0.39, 0.29) is 0 Å². The van der Waals surface area contributed by atoms with E-state index in [4.69, 9.17) is 52.1 Å². The van der Waals surface area contributed by atoms with Crippen LogP contribution in [0.3, 0.4) is 0 Å². The number of rotatable bonds is 16. The zero-order chi connectivity index (χ0) is 49.5. The second-order valence-corrected chi connectivity index (χ2v) is 16.8. The molecule has 6 saturated heterocycles. The quantitative estimate of drug-likeness (QED) is 0.0683. The number of hydrogen-bond acceptors (Lipinski definition) is 30. The van der Waals surface area contributed by atoms with Crippen molar-refractivity contribution in [2.45, 2.75) is 191 Å². The fourth-order valence-electron chi connectivity index (χ4n) is 8.29. The normalized spacial score (nSPS) is 52.5. The third kappa shape index (κ3) is 11.2. The van der Waals surface area contributed by atoms with Gasteiger partial charge >= 0.3 is 5.97 Å². The molecule has 67 heavy (non-hydrogen) atoms. The van der Waals surface area contributed by atoms with Crippen LogP contribution in [-0.4, -0.2) is 314 Å². The Bertz CT molecular complexity index is 1570. The molecule has 0 spiro atoms. The molecule has 30 atom stereocenters. The Kier molecular flexibility index (Phi) is 18.6. The van der Waals surface area contributed by atoms with Crippen molar-refractivity contribution in [2.75, 3.05) is 26.4 Å². The lowest BCUT2D eigenvalue weighted by molar-refractivity contribution is -0.390. The number of ether oxygens (including phenoxy) is 11. The molecular weight excluding hydrogens is 928 g/mol. The van der Waals surface area contributed by atoms with Crippen molar-refractivity contribution in [3.63, 3.8) is 0 Å². The van der Waals surface area contributed by atoms with Crippen molar-refractivity contribution in [3.05, 3.63) is 0 Å². The van der Waals surface area contributed by atoms with E-state index in [1.54, 1.807) is 0 Å². The summed E-state index contributed by atoms with van der Waals surface area (Å²) in [4.78, 5) is 12.4. The van der Waals surface area contributed by atoms with Crippen LogP contribution in [0.1, 0.15) is 6.92 Å². The van der Waals surface area contributed by atoms with Crippen LogP contribution in [0, 0.1) is 0 Å². The summed E-state index contributed by atoms with van der Waals surface area (Å²) in [5.74, 6) is -1.87. The first-order valence-corrected chi connectivity index (χ1v) is 21.0. The maximum Gasteiger partial charge on any atom is 0.335 e. The zero-order valence-electron chi connectivity index (χ0n) is 35.0. The predicted octanol–water partition coefficient (Wildman–Crippen LogP) is -13.0. The van der Waals surface area contributed by atoms with Crippen LogP contribution in [0.2, 0.25) is 0 Å². The summed E-state index contributed by atoms with van der Waals surface area (Å²) < 4.78 is 60.4. The van der Waals surface area contributed by atoms with E-state index >= 15 is 0 Å². The van der Waals surface area contributed by atoms with Gasteiger partial charge in [0.25, 0.3) is 0 Å². The van der Waals surface area contributed by atoms with Crippen LogP contribution in [0.25, 0.3) is 0 Å². The molecule has 6 aliphatic rings. The Morgan fingerprint density at radius 3 is 1.49 bits per heavy atom. The zero-order valence-corrected chi connectivity index (χ0v) is 35.0. The standard InChI is InChI=1S/C36H60O31/c1-6-11(41)15(45)20(50)32(58-6)65-27-18(48)13(43)9(4-39)61-36(27)64-26-17(47)14(44)10(59-31(26)56)5-57-35-28(23(53)24(62-35)7(40)2-37)66-34-22(52)19(49)25(29(67-34)30(54)55)63-33-21(51)16(46)12(42)8(3-38)60-33/h6-29,31-53,56H,2-5H2,1H3,(H,54,55)/t6-,7-,8-,9-,10-,11-,12-,13-,14-,15+,16+,17+,18+,19-,20+,21+,22-,23+,24+,25+,26+,27+,28-,29+,31?,32-,33+,34+,35-,36-/m1/s1. The van der Waals surface area contributed by atoms with Crippen LogP contribution >= 0.6 is 0 Å². The summed E-state index contributed by atoms with van der Waals surface area (Å²) in [7, 11) is 0. The van der Waals surface area contributed by atoms with Crippen molar-refractivity contribution in [3.8, 4) is 0 Å². The monoisotopic (exact) mass is 988 g/mol. The molecule has 6 heterocycles. The topological polar surface area (TPSA) is 503 Å². The number of aliphatic hydroxyl groups is 18. The number of carboxylic acid groups (broad SMARTS) is 1. The van der Waals surface area contributed by atoms with Gasteiger partial charge in [-0.05, 0) is 6.92 Å². The highest BCUT2D eigenvalue weighted by Crippen LogP contribution is 2.36. The summed E-state index contributed by atoms with van der Waals surface area (Å²) in [6.07, 6.45) is -58.0. The van der Waals surface area contributed by atoms with Crippen molar-refractivity contribution in [2.24, 2.45) is 0 Å². The number of aliphatic carboxylic acids is 1. The highest BCUT2D eigenvalue weighted by atomic mass is 16.8. The van der Waals surface area contributed by atoms with Gasteiger partial charge in [0.1, 0.15) is 134 Å². The average Bonchev–Trinajstić information content (AvgIpc) is 3.61. The molecule has 0 saturated carbocycles. The lowest BCUT2D eigenvalue weighted by Crippen LogP contribution is -2.66. The first-order valence-electron chi connectivity index (χ1n) is 21.0. The Hall–Kier alpha value is -1.69. The molecule has 0 aromatic rings. The van der Waals surface area contributed by atoms with Crippen molar-refractivity contribution in [1.29, 1.82) is 0 Å². The van der Waals surface area contributed by atoms with Crippen LogP contribution in [0.4, 0.5) is 0 Å². The highest BCUT2D eigenvalue weighted by Gasteiger charge is 2.58. The van der Waals surface area contributed by atoms with Gasteiger partial charge in [-0.25, -0.2) is 4.79 Å². The van der Waals surface area contributed by atoms with Crippen LogP contribution in [0.15, 0.2) is 0 Å². The molecule has 1 unspecified atom stereocenters. The summed E-state index contributed by atoms with van der Waals surface area (Å²) in [6.45, 7) is -2.43. The highest BCUT2D eigenvalue weighted by molar-refractivity contribution is 5.73. The van der Waals surface area contributed by atoms with Gasteiger partial charge in [-0.15, -0.1) is 0 Å². The van der Waals surface area contributed by atoms with E-state index in [0.29, 0.717) is 0 Å². The summed E-state index contributed by atoms with van der Waals surface area (Å²) in [5, 5.41) is 199. The Labute approximate surface area is 377 Å². The maximum atomic E-state index is 12.4. The lowest BCUT2D eigenvalue weighted by atomic mass is 9.96. The number of hydrogen-bond donors (Lipinski definition) is 19. The fraction of sp³-hybridized carbons (Fsp3) is 0.972. The molecule has 0 aromatic heterocycles. The first kappa shape index (κ1) is 54.6. The Morgan fingerprint density at radius 1 is 0.463 bits per heavy atom. The molecule has 6 aliphatic heterocycles. The molecule has 6 rings (SSSR count). The van der Waals surface area contributed by atoms with Crippen molar-refractivity contribution < 1.29 is 154 Å². The molecule has 0 aromatic carbocycles. The largest absolute Gasteiger partial charge is 0.479 e. The van der Waals surface area contributed by atoms with E-state index < -0.39 is 217 Å². The lowest BCUT2D eigenvalue weighted by Gasteiger charge is -2.48. The minimum absolute atomic E-state index is 0.903. The van der Waals surface area contributed by atoms with Gasteiger partial charge < -0.3 is 149 Å². The SMILES string of the molecule is C[C@H]1O[C@H](O[C@@H]2[C@@H](O[C@@H]3C(O)O[C@H](CO[C@@H]4O[C@@H]([C@H](O)CO)[C@H](O)[C@H]4O[C@H]4O[C@H](C(=O)O)[C@@H](O[C@@H]5O[C@H](CO)[C@@H](O)[C@H](O)[C@@H]5O)[C@H](O)[C@H]4O)[C@@H](O)[C@@H]3O)O[C@H](CO)[C@@H](O)[C@@H]2O)[C@@H](O)[C@@H](O)[C@@H]1O. The average molecular weight is 989 g/mol. The van der Waals surface area contributed by atoms with E-state index in [9.17, 15) is 102 Å². The number of carboxylic acids is 1.